The van der Waals surface area contributed by atoms with Crippen molar-refractivity contribution in [3.05, 3.63) is 0 Å². The molecule has 0 aromatic heterocycles. The van der Waals surface area contributed by atoms with E-state index in [0.717, 1.165) is 38.6 Å². The van der Waals surface area contributed by atoms with Crippen LogP contribution in [0.25, 0.3) is 0 Å². The Balaban J connectivity index is 1.54. The van der Waals surface area contributed by atoms with Crippen LogP contribution < -0.4 is 10.6 Å². The summed E-state index contributed by atoms with van der Waals surface area (Å²) < 4.78 is 5.75. The van der Waals surface area contributed by atoms with E-state index in [-0.39, 0.29) is 5.60 Å². The zero-order valence-corrected chi connectivity index (χ0v) is 12.9. The summed E-state index contributed by atoms with van der Waals surface area (Å²) in [5.41, 5.74) is 0.0529. The Labute approximate surface area is 118 Å². The maximum atomic E-state index is 5.75. The average molecular weight is 269 g/mol. The van der Waals surface area contributed by atoms with Gasteiger partial charge in [0.1, 0.15) is 0 Å². The van der Waals surface area contributed by atoms with E-state index in [9.17, 15) is 0 Å². The van der Waals surface area contributed by atoms with Crippen LogP contribution in [0.15, 0.2) is 0 Å². The maximum Gasteiger partial charge on any atom is 0.0641 e. The monoisotopic (exact) mass is 269 g/mol. The highest BCUT2D eigenvalue weighted by Crippen LogP contribution is 2.23. The van der Waals surface area contributed by atoms with Gasteiger partial charge in [0.2, 0.25) is 0 Å². The first-order valence-corrected chi connectivity index (χ1v) is 7.84. The van der Waals surface area contributed by atoms with Crippen LogP contribution >= 0.6 is 0 Å². The predicted molar refractivity (Wildman–Crippen MR) is 79.6 cm³/mol. The number of nitrogens with one attached hydrogen (secondary N) is 2. The SMILES string of the molecule is CN1CCC(NCCN[C@H]2CCOC(C)(C)C2)CC1. The van der Waals surface area contributed by atoms with Gasteiger partial charge >= 0.3 is 0 Å². The van der Waals surface area contributed by atoms with Gasteiger partial charge < -0.3 is 20.3 Å². The minimum Gasteiger partial charge on any atom is -0.375 e. The molecule has 19 heavy (non-hydrogen) atoms. The highest BCUT2D eigenvalue weighted by atomic mass is 16.5. The molecule has 0 spiro atoms. The Kier molecular flexibility index (Phi) is 5.63. The Morgan fingerprint density at radius 3 is 2.32 bits per heavy atom. The fraction of sp³-hybridized carbons (Fsp3) is 1.00. The molecule has 0 amide bonds. The van der Waals surface area contributed by atoms with E-state index >= 15 is 0 Å². The summed E-state index contributed by atoms with van der Waals surface area (Å²) in [4.78, 5) is 2.42. The maximum absolute atomic E-state index is 5.75. The Bertz CT molecular complexity index is 262. The first-order valence-electron chi connectivity index (χ1n) is 7.84. The van der Waals surface area contributed by atoms with Crippen LogP contribution in [-0.4, -0.2) is 62.4 Å². The highest BCUT2D eigenvalue weighted by Gasteiger charge is 2.28. The second kappa shape index (κ2) is 7.02. The summed E-state index contributed by atoms with van der Waals surface area (Å²) >= 11 is 0. The van der Waals surface area contributed by atoms with Crippen molar-refractivity contribution in [3.8, 4) is 0 Å². The van der Waals surface area contributed by atoms with Gasteiger partial charge in [0.15, 0.2) is 0 Å². The Morgan fingerprint density at radius 2 is 1.68 bits per heavy atom. The molecule has 0 aromatic carbocycles. The van der Waals surface area contributed by atoms with Crippen molar-refractivity contribution < 1.29 is 4.74 Å². The van der Waals surface area contributed by atoms with Gasteiger partial charge in [0.05, 0.1) is 5.60 Å². The summed E-state index contributed by atoms with van der Waals surface area (Å²) in [5, 5.41) is 7.35. The lowest BCUT2D eigenvalue weighted by Crippen LogP contribution is -2.47. The molecule has 2 saturated heterocycles. The van der Waals surface area contributed by atoms with Crippen LogP contribution in [0, 0.1) is 0 Å². The van der Waals surface area contributed by atoms with Crippen molar-refractivity contribution in [3.63, 3.8) is 0 Å². The molecule has 1 atom stereocenters. The van der Waals surface area contributed by atoms with E-state index in [0.29, 0.717) is 6.04 Å². The molecule has 2 rings (SSSR count). The van der Waals surface area contributed by atoms with E-state index in [1.807, 2.05) is 0 Å². The number of ether oxygens (including phenoxy) is 1. The molecule has 2 N–H and O–H groups in total. The average Bonchev–Trinajstić information content (AvgIpc) is 2.36. The van der Waals surface area contributed by atoms with Gasteiger partial charge in [-0.1, -0.05) is 0 Å². The number of likely N-dealkylation sites (tertiary alicyclic amines) is 1. The lowest BCUT2D eigenvalue weighted by molar-refractivity contribution is -0.0627. The fourth-order valence-electron chi connectivity index (χ4n) is 3.17. The molecule has 0 aliphatic carbocycles. The summed E-state index contributed by atoms with van der Waals surface area (Å²) in [5.74, 6) is 0. The van der Waals surface area contributed by atoms with E-state index in [2.05, 4.69) is 36.4 Å². The van der Waals surface area contributed by atoms with Gasteiger partial charge in [-0.25, -0.2) is 0 Å². The zero-order valence-electron chi connectivity index (χ0n) is 12.9. The lowest BCUT2D eigenvalue weighted by atomic mass is 9.94. The van der Waals surface area contributed by atoms with Gasteiger partial charge in [-0.05, 0) is 59.7 Å². The Hall–Kier alpha value is -0.160. The van der Waals surface area contributed by atoms with Gasteiger partial charge in [-0.3, -0.25) is 0 Å². The molecular weight excluding hydrogens is 238 g/mol. The molecule has 0 aromatic rings. The first kappa shape index (κ1) is 15.2. The summed E-state index contributed by atoms with van der Waals surface area (Å²) in [6.07, 6.45) is 4.86. The number of piperidine rings is 1. The number of nitrogens with zero attached hydrogens (tertiary/aromatic N) is 1. The topological polar surface area (TPSA) is 36.5 Å². The van der Waals surface area contributed by atoms with Gasteiger partial charge in [-0.15, -0.1) is 0 Å². The summed E-state index contributed by atoms with van der Waals surface area (Å²) in [7, 11) is 2.21. The number of hydrogen-bond acceptors (Lipinski definition) is 4. The third-order valence-corrected chi connectivity index (χ3v) is 4.41. The van der Waals surface area contributed by atoms with Crippen LogP contribution in [0.3, 0.4) is 0 Å². The Morgan fingerprint density at radius 1 is 1.05 bits per heavy atom. The predicted octanol–water partition coefficient (Wildman–Crippen LogP) is 1.22. The molecule has 0 radical (unpaired) electrons. The smallest absolute Gasteiger partial charge is 0.0641 e. The van der Waals surface area contributed by atoms with Crippen molar-refractivity contribution >= 4 is 0 Å². The molecule has 2 aliphatic heterocycles. The normalized spacial score (nSPS) is 29.5. The lowest BCUT2D eigenvalue weighted by Gasteiger charge is -2.36. The van der Waals surface area contributed by atoms with E-state index in [1.165, 1.54) is 25.9 Å². The van der Waals surface area contributed by atoms with E-state index in [1.54, 1.807) is 0 Å². The summed E-state index contributed by atoms with van der Waals surface area (Å²) in [6, 6.07) is 1.35. The highest BCUT2D eigenvalue weighted by molar-refractivity contribution is 4.83. The molecule has 0 unspecified atom stereocenters. The number of rotatable bonds is 5. The molecule has 0 bridgehead atoms. The van der Waals surface area contributed by atoms with Gasteiger partial charge in [0.25, 0.3) is 0 Å². The van der Waals surface area contributed by atoms with Gasteiger partial charge in [-0.2, -0.15) is 0 Å². The second-order valence-electron chi connectivity index (χ2n) is 6.78. The minimum atomic E-state index is 0.0529. The molecule has 4 nitrogen and oxygen atoms in total. The summed E-state index contributed by atoms with van der Waals surface area (Å²) in [6.45, 7) is 9.92. The quantitative estimate of drug-likeness (QED) is 0.736. The molecule has 0 saturated carbocycles. The molecular formula is C15H31N3O. The molecule has 112 valence electrons. The number of hydrogen-bond donors (Lipinski definition) is 2. The van der Waals surface area contributed by atoms with Crippen molar-refractivity contribution in [2.75, 3.05) is 39.8 Å². The molecule has 2 aliphatic rings. The molecule has 2 heterocycles. The van der Waals surface area contributed by atoms with Crippen LogP contribution in [0.5, 0.6) is 0 Å². The van der Waals surface area contributed by atoms with Crippen molar-refractivity contribution in [2.24, 2.45) is 0 Å². The fourth-order valence-corrected chi connectivity index (χ4v) is 3.17. The van der Waals surface area contributed by atoms with Crippen LogP contribution in [0.4, 0.5) is 0 Å². The molecule has 4 heteroatoms. The third kappa shape index (κ3) is 5.38. The first-order chi connectivity index (χ1) is 9.05. The second-order valence-corrected chi connectivity index (χ2v) is 6.78. The van der Waals surface area contributed by atoms with Crippen molar-refractivity contribution in [1.29, 1.82) is 0 Å². The standard InChI is InChI=1S/C15H31N3O/c1-15(2)12-14(6-11-19-15)17-8-7-16-13-4-9-18(3)10-5-13/h13-14,16-17H,4-12H2,1-3H3/t14-/m0/s1. The van der Waals surface area contributed by atoms with Crippen LogP contribution in [0.1, 0.15) is 39.5 Å². The van der Waals surface area contributed by atoms with Crippen molar-refractivity contribution in [1.82, 2.24) is 15.5 Å². The third-order valence-electron chi connectivity index (χ3n) is 4.41. The van der Waals surface area contributed by atoms with E-state index < -0.39 is 0 Å². The van der Waals surface area contributed by atoms with Gasteiger partial charge in [0, 0.05) is 31.8 Å². The minimum absolute atomic E-state index is 0.0529. The molecule has 2 fully saturated rings. The van der Waals surface area contributed by atoms with Crippen molar-refractivity contribution in [2.45, 2.75) is 57.2 Å². The van der Waals surface area contributed by atoms with Crippen LogP contribution in [-0.2, 0) is 4.74 Å². The zero-order chi connectivity index (χ0) is 13.7. The van der Waals surface area contributed by atoms with Crippen LogP contribution in [0.2, 0.25) is 0 Å². The largest absolute Gasteiger partial charge is 0.375 e. The van der Waals surface area contributed by atoms with E-state index in [4.69, 9.17) is 4.74 Å².